The van der Waals surface area contributed by atoms with E-state index >= 15 is 0 Å². The SMILES string of the molecule is CCC(=O)Nc1cccc(NC(=O)CNC(=O)c2ccccc2F)c1. The number of amides is 3. The average molecular weight is 343 g/mol. The van der Waals surface area contributed by atoms with E-state index in [2.05, 4.69) is 16.0 Å². The van der Waals surface area contributed by atoms with Crippen LogP contribution in [0.2, 0.25) is 0 Å². The van der Waals surface area contributed by atoms with Gasteiger partial charge in [0.05, 0.1) is 12.1 Å². The molecule has 0 saturated heterocycles. The van der Waals surface area contributed by atoms with Crippen LogP contribution >= 0.6 is 0 Å². The van der Waals surface area contributed by atoms with Crippen molar-refractivity contribution in [2.24, 2.45) is 0 Å². The third-order valence-electron chi connectivity index (χ3n) is 3.28. The number of halogens is 1. The summed E-state index contributed by atoms with van der Waals surface area (Å²) in [6.07, 6.45) is 0.346. The van der Waals surface area contributed by atoms with Gasteiger partial charge in [-0.2, -0.15) is 0 Å². The van der Waals surface area contributed by atoms with Crippen LogP contribution in [0.15, 0.2) is 48.5 Å². The van der Waals surface area contributed by atoms with E-state index in [-0.39, 0.29) is 18.0 Å². The molecule has 0 fully saturated rings. The maximum absolute atomic E-state index is 13.5. The highest BCUT2D eigenvalue weighted by molar-refractivity contribution is 5.99. The number of benzene rings is 2. The molecule has 7 heteroatoms. The van der Waals surface area contributed by atoms with Crippen LogP contribution in [0, 0.1) is 5.82 Å². The van der Waals surface area contributed by atoms with E-state index in [1.165, 1.54) is 24.3 Å². The van der Waals surface area contributed by atoms with Gasteiger partial charge in [-0.25, -0.2) is 4.39 Å². The van der Waals surface area contributed by atoms with Gasteiger partial charge in [-0.1, -0.05) is 25.1 Å². The first-order chi connectivity index (χ1) is 12.0. The minimum atomic E-state index is -0.669. The Balaban J connectivity index is 1.90. The van der Waals surface area contributed by atoms with Gasteiger partial charge in [0.25, 0.3) is 5.91 Å². The fourth-order valence-electron chi connectivity index (χ4n) is 2.03. The molecular weight excluding hydrogens is 325 g/mol. The van der Waals surface area contributed by atoms with E-state index in [1.54, 1.807) is 31.2 Å². The van der Waals surface area contributed by atoms with Gasteiger partial charge in [0.15, 0.2) is 0 Å². The highest BCUT2D eigenvalue weighted by atomic mass is 19.1. The second-order valence-corrected chi connectivity index (χ2v) is 5.19. The van der Waals surface area contributed by atoms with E-state index in [4.69, 9.17) is 0 Å². The lowest BCUT2D eigenvalue weighted by Crippen LogP contribution is -2.33. The van der Waals surface area contributed by atoms with Crippen LogP contribution in [0.1, 0.15) is 23.7 Å². The molecule has 3 amide bonds. The largest absolute Gasteiger partial charge is 0.343 e. The zero-order chi connectivity index (χ0) is 18.2. The minimum Gasteiger partial charge on any atom is -0.343 e. The summed E-state index contributed by atoms with van der Waals surface area (Å²) in [5.41, 5.74) is 0.902. The Morgan fingerprint density at radius 1 is 0.920 bits per heavy atom. The van der Waals surface area contributed by atoms with Crippen LogP contribution in [-0.4, -0.2) is 24.3 Å². The first-order valence-electron chi connectivity index (χ1n) is 7.72. The number of anilines is 2. The van der Waals surface area contributed by atoms with E-state index in [9.17, 15) is 18.8 Å². The molecule has 0 atom stereocenters. The van der Waals surface area contributed by atoms with Gasteiger partial charge < -0.3 is 16.0 Å². The first kappa shape index (κ1) is 18.1. The predicted molar refractivity (Wildman–Crippen MR) is 92.7 cm³/mol. The molecule has 2 aromatic carbocycles. The van der Waals surface area contributed by atoms with Crippen LogP contribution < -0.4 is 16.0 Å². The van der Waals surface area contributed by atoms with Crippen LogP contribution in [0.4, 0.5) is 15.8 Å². The van der Waals surface area contributed by atoms with Gasteiger partial charge in [-0.3, -0.25) is 14.4 Å². The lowest BCUT2D eigenvalue weighted by atomic mass is 10.2. The molecule has 2 rings (SSSR count). The van der Waals surface area contributed by atoms with Gasteiger partial charge in [0.1, 0.15) is 5.82 Å². The molecule has 0 aromatic heterocycles. The second kappa shape index (κ2) is 8.58. The molecule has 0 spiro atoms. The van der Waals surface area contributed by atoms with Crippen molar-refractivity contribution in [3.8, 4) is 0 Å². The quantitative estimate of drug-likeness (QED) is 0.753. The smallest absolute Gasteiger partial charge is 0.254 e. The Morgan fingerprint density at radius 3 is 2.20 bits per heavy atom. The summed E-state index contributed by atoms with van der Waals surface area (Å²) in [6, 6.07) is 12.1. The summed E-state index contributed by atoms with van der Waals surface area (Å²) >= 11 is 0. The van der Waals surface area contributed by atoms with Crippen LogP contribution in [0.3, 0.4) is 0 Å². The van der Waals surface area contributed by atoms with Crippen molar-refractivity contribution in [1.29, 1.82) is 0 Å². The Morgan fingerprint density at radius 2 is 1.56 bits per heavy atom. The van der Waals surface area contributed by atoms with Gasteiger partial charge in [0, 0.05) is 17.8 Å². The normalized spacial score (nSPS) is 10.0. The number of nitrogens with one attached hydrogen (secondary N) is 3. The molecule has 2 aromatic rings. The third kappa shape index (κ3) is 5.42. The maximum Gasteiger partial charge on any atom is 0.254 e. The summed E-state index contributed by atoms with van der Waals surface area (Å²) in [7, 11) is 0. The fourth-order valence-corrected chi connectivity index (χ4v) is 2.03. The topological polar surface area (TPSA) is 87.3 Å². The van der Waals surface area contributed by atoms with E-state index in [0.717, 1.165) is 0 Å². The Hall–Kier alpha value is -3.22. The van der Waals surface area contributed by atoms with Crippen LogP contribution in [0.25, 0.3) is 0 Å². The van der Waals surface area contributed by atoms with Crippen LogP contribution in [-0.2, 0) is 9.59 Å². The predicted octanol–water partition coefficient (Wildman–Crippen LogP) is 2.54. The highest BCUT2D eigenvalue weighted by Gasteiger charge is 2.12. The molecule has 6 nitrogen and oxygen atoms in total. The Kier molecular flexibility index (Phi) is 6.22. The van der Waals surface area contributed by atoms with Gasteiger partial charge in [-0.15, -0.1) is 0 Å². The molecule has 0 heterocycles. The van der Waals surface area contributed by atoms with Gasteiger partial charge in [0.2, 0.25) is 11.8 Å². The monoisotopic (exact) mass is 343 g/mol. The van der Waals surface area contributed by atoms with Crippen molar-refractivity contribution >= 4 is 29.1 Å². The van der Waals surface area contributed by atoms with Crippen molar-refractivity contribution in [3.63, 3.8) is 0 Å². The standard InChI is InChI=1S/C18H18FN3O3/c1-2-16(23)21-12-6-5-7-13(10-12)22-17(24)11-20-18(25)14-8-3-4-9-15(14)19/h3-10H,2,11H2,1H3,(H,20,25)(H,21,23)(H,22,24). The fraction of sp³-hybridized carbons (Fsp3) is 0.167. The van der Waals surface area contributed by atoms with Crippen molar-refractivity contribution in [2.45, 2.75) is 13.3 Å². The molecule has 25 heavy (non-hydrogen) atoms. The minimum absolute atomic E-state index is 0.125. The molecule has 0 radical (unpaired) electrons. The molecule has 0 aliphatic rings. The molecule has 0 aliphatic carbocycles. The molecule has 0 saturated carbocycles. The van der Waals surface area contributed by atoms with E-state index in [1.807, 2.05) is 0 Å². The Labute approximate surface area is 144 Å². The number of rotatable bonds is 6. The molecular formula is C18H18FN3O3. The summed E-state index contributed by atoms with van der Waals surface area (Å²) < 4.78 is 13.5. The van der Waals surface area contributed by atoms with Gasteiger partial charge in [-0.05, 0) is 30.3 Å². The molecule has 0 unspecified atom stereocenters. The molecule has 3 N–H and O–H groups in total. The van der Waals surface area contributed by atoms with E-state index in [0.29, 0.717) is 17.8 Å². The van der Waals surface area contributed by atoms with Crippen molar-refractivity contribution in [2.75, 3.05) is 17.2 Å². The molecule has 0 aliphatic heterocycles. The second-order valence-electron chi connectivity index (χ2n) is 5.19. The number of carbonyl (C=O) groups excluding carboxylic acids is 3. The molecule has 0 bridgehead atoms. The number of carbonyl (C=O) groups is 3. The van der Waals surface area contributed by atoms with Crippen molar-refractivity contribution in [3.05, 3.63) is 59.9 Å². The maximum atomic E-state index is 13.5. The zero-order valence-electron chi connectivity index (χ0n) is 13.6. The van der Waals surface area contributed by atoms with Crippen molar-refractivity contribution in [1.82, 2.24) is 5.32 Å². The van der Waals surface area contributed by atoms with Crippen LogP contribution in [0.5, 0.6) is 0 Å². The lowest BCUT2D eigenvalue weighted by Gasteiger charge is -2.09. The average Bonchev–Trinajstić information content (AvgIpc) is 2.60. The Bertz CT molecular complexity index is 793. The summed E-state index contributed by atoms with van der Waals surface area (Å²) in [6.45, 7) is 1.43. The highest BCUT2D eigenvalue weighted by Crippen LogP contribution is 2.15. The molecule has 130 valence electrons. The summed E-state index contributed by atoms with van der Waals surface area (Å²) in [5, 5.41) is 7.63. The van der Waals surface area contributed by atoms with Crippen molar-refractivity contribution < 1.29 is 18.8 Å². The lowest BCUT2D eigenvalue weighted by molar-refractivity contribution is -0.116. The summed E-state index contributed by atoms with van der Waals surface area (Å²) in [5.74, 6) is -1.93. The number of hydrogen-bond donors (Lipinski definition) is 3. The first-order valence-corrected chi connectivity index (χ1v) is 7.72. The third-order valence-corrected chi connectivity index (χ3v) is 3.28. The van der Waals surface area contributed by atoms with E-state index < -0.39 is 17.6 Å². The summed E-state index contributed by atoms with van der Waals surface area (Å²) in [4.78, 5) is 35.1. The zero-order valence-corrected chi connectivity index (χ0v) is 13.6. The number of hydrogen-bond acceptors (Lipinski definition) is 3. The van der Waals surface area contributed by atoms with Gasteiger partial charge >= 0.3 is 0 Å².